The molecule has 144 valence electrons. The van der Waals surface area contributed by atoms with Crippen molar-refractivity contribution in [1.29, 1.82) is 0 Å². The minimum atomic E-state index is -2.88. The van der Waals surface area contributed by atoms with Crippen LogP contribution in [0, 0.1) is 0 Å². The highest BCUT2D eigenvalue weighted by molar-refractivity contribution is 7.80. The van der Waals surface area contributed by atoms with Crippen LogP contribution in [0.2, 0.25) is 5.02 Å². The summed E-state index contributed by atoms with van der Waals surface area (Å²) < 4.78 is 29.6. The third kappa shape index (κ3) is 5.76. The van der Waals surface area contributed by atoms with Crippen molar-refractivity contribution in [3.63, 3.8) is 0 Å². The first-order valence-electron chi connectivity index (χ1n) is 8.58. The number of hydrogen-bond donors (Lipinski definition) is 1. The highest BCUT2D eigenvalue weighted by Crippen LogP contribution is 2.26. The lowest BCUT2D eigenvalue weighted by Gasteiger charge is -2.36. The number of nitrogens with zero attached hydrogens (tertiary/aromatic N) is 2. The quantitative estimate of drug-likeness (QED) is 0.733. The molecule has 1 saturated heterocycles. The van der Waals surface area contributed by atoms with E-state index in [9.17, 15) is 8.78 Å². The van der Waals surface area contributed by atoms with Crippen LogP contribution in [0.1, 0.15) is 5.56 Å². The van der Waals surface area contributed by atoms with Crippen molar-refractivity contribution in [2.45, 2.75) is 13.2 Å². The summed E-state index contributed by atoms with van der Waals surface area (Å²) in [6.45, 7) is 1.16. The first kappa shape index (κ1) is 19.8. The maximum atomic E-state index is 12.5. The highest BCUT2D eigenvalue weighted by atomic mass is 35.5. The lowest BCUT2D eigenvalue weighted by atomic mass is 10.2. The summed E-state index contributed by atoms with van der Waals surface area (Å²) in [5.41, 5.74) is 1.61. The molecule has 0 radical (unpaired) electrons. The van der Waals surface area contributed by atoms with Crippen molar-refractivity contribution >= 4 is 34.6 Å². The van der Waals surface area contributed by atoms with Gasteiger partial charge >= 0.3 is 6.61 Å². The number of hydrogen-bond acceptors (Lipinski definition) is 3. The smallest absolute Gasteiger partial charge is 0.387 e. The Morgan fingerprint density at radius 2 is 1.85 bits per heavy atom. The van der Waals surface area contributed by atoms with Crippen LogP contribution in [0.3, 0.4) is 0 Å². The maximum Gasteiger partial charge on any atom is 0.387 e. The van der Waals surface area contributed by atoms with E-state index in [0.717, 1.165) is 37.7 Å². The Kier molecular flexibility index (Phi) is 6.82. The van der Waals surface area contributed by atoms with E-state index in [2.05, 4.69) is 21.0 Å². The molecule has 0 bridgehead atoms. The molecule has 27 heavy (non-hydrogen) atoms. The molecule has 0 saturated carbocycles. The number of halogens is 3. The number of para-hydroxylation sites is 2. The zero-order valence-electron chi connectivity index (χ0n) is 14.6. The number of benzene rings is 2. The minimum Gasteiger partial charge on any atom is -0.433 e. The molecule has 1 fully saturated rings. The SMILES string of the molecule is FC(F)Oc1ccccc1NC(=S)N1CCN(Cc2cccc(Cl)c2)CC1. The van der Waals surface area contributed by atoms with Gasteiger partial charge in [-0.2, -0.15) is 8.78 Å². The Labute approximate surface area is 167 Å². The van der Waals surface area contributed by atoms with Gasteiger partial charge < -0.3 is 15.0 Å². The third-order valence-electron chi connectivity index (χ3n) is 4.30. The second-order valence-corrected chi connectivity index (χ2v) is 7.02. The van der Waals surface area contributed by atoms with Gasteiger partial charge in [-0.05, 0) is 42.0 Å². The largest absolute Gasteiger partial charge is 0.433 e. The van der Waals surface area contributed by atoms with Gasteiger partial charge in [0.1, 0.15) is 5.75 Å². The zero-order valence-corrected chi connectivity index (χ0v) is 16.1. The van der Waals surface area contributed by atoms with Gasteiger partial charge in [-0.15, -0.1) is 0 Å². The van der Waals surface area contributed by atoms with E-state index in [4.69, 9.17) is 23.8 Å². The van der Waals surface area contributed by atoms with Crippen LogP contribution in [0.25, 0.3) is 0 Å². The van der Waals surface area contributed by atoms with E-state index in [1.807, 2.05) is 23.1 Å². The summed E-state index contributed by atoms with van der Waals surface area (Å²) >= 11 is 11.5. The lowest BCUT2D eigenvalue weighted by Crippen LogP contribution is -2.49. The molecule has 0 spiro atoms. The molecule has 1 aliphatic heterocycles. The second kappa shape index (κ2) is 9.30. The molecule has 1 N–H and O–H groups in total. The predicted molar refractivity (Wildman–Crippen MR) is 108 cm³/mol. The molecule has 1 aliphatic rings. The summed E-state index contributed by atoms with van der Waals surface area (Å²) in [5, 5.41) is 4.26. The van der Waals surface area contributed by atoms with Crippen LogP contribution in [-0.2, 0) is 6.54 Å². The van der Waals surface area contributed by atoms with Crippen LogP contribution in [0.5, 0.6) is 5.75 Å². The molecular formula is C19H20ClF2N3OS. The fourth-order valence-corrected chi connectivity index (χ4v) is 3.47. The number of anilines is 1. The molecule has 0 aromatic heterocycles. The van der Waals surface area contributed by atoms with Gasteiger partial charge in [-0.25, -0.2) is 0 Å². The van der Waals surface area contributed by atoms with Crippen molar-refractivity contribution in [2.24, 2.45) is 0 Å². The number of thiocarbonyl (C=S) groups is 1. The molecular weight excluding hydrogens is 392 g/mol. The fourth-order valence-electron chi connectivity index (χ4n) is 2.97. The van der Waals surface area contributed by atoms with Crippen molar-refractivity contribution < 1.29 is 13.5 Å². The van der Waals surface area contributed by atoms with Gasteiger partial charge in [-0.3, -0.25) is 4.90 Å². The summed E-state index contributed by atoms with van der Waals surface area (Å²) in [6, 6.07) is 14.4. The van der Waals surface area contributed by atoms with Gasteiger partial charge in [0, 0.05) is 37.7 Å². The molecule has 4 nitrogen and oxygen atoms in total. The highest BCUT2D eigenvalue weighted by Gasteiger charge is 2.20. The molecule has 0 aliphatic carbocycles. The Balaban J connectivity index is 1.53. The summed E-state index contributed by atoms with van der Waals surface area (Å²) in [7, 11) is 0. The van der Waals surface area contributed by atoms with Crippen molar-refractivity contribution in [3.05, 3.63) is 59.1 Å². The molecule has 0 amide bonds. The van der Waals surface area contributed by atoms with Gasteiger partial charge in [-0.1, -0.05) is 35.9 Å². The molecule has 3 rings (SSSR count). The normalized spacial score (nSPS) is 15.0. The second-order valence-electron chi connectivity index (χ2n) is 6.20. The first-order valence-corrected chi connectivity index (χ1v) is 9.36. The molecule has 2 aromatic rings. The first-order chi connectivity index (χ1) is 13.0. The van der Waals surface area contributed by atoms with Crippen LogP contribution < -0.4 is 10.1 Å². The molecule has 2 aromatic carbocycles. The summed E-state index contributed by atoms with van der Waals surface area (Å²) in [6.07, 6.45) is 0. The maximum absolute atomic E-state index is 12.5. The van der Waals surface area contributed by atoms with E-state index in [1.54, 1.807) is 18.2 Å². The van der Waals surface area contributed by atoms with E-state index in [-0.39, 0.29) is 5.75 Å². The van der Waals surface area contributed by atoms with Crippen molar-refractivity contribution in [3.8, 4) is 5.75 Å². The van der Waals surface area contributed by atoms with Gasteiger partial charge in [0.2, 0.25) is 0 Å². The number of rotatable bonds is 5. The Morgan fingerprint density at radius 3 is 2.56 bits per heavy atom. The monoisotopic (exact) mass is 411 g/mol. The Hall–Kier alpha value is -1.96. The number of nitrogens with one attached hydrogen (secondary N) is 1. The molecule has 1 heterocycles. The van der Waals surface area contributed by atoms with E-state index < -0.39 is 6.61 Å². The van der Waals surface area contributed by atoms with Crippen LogP contribution in [0.4, 0.5) is 14.5 Å². The third-order valence-corrected chi connectivity index (χ3v) is 4.89. The number of piperazine rings is 1. The van der Waals surface area contributed by atoms with E-state index in [0.29, 0.717) is 10.8 Å². The molecule has 8 heteroatoms. The van der Waals surface area contributed by atoms with Crippen molar-refractivity contribution in [1.82, 2.24) is 9.80 Å². The van der Waals surface area contributed by atoms with Crippen LogP contribution >= 0.6 is 23.8 Å². The van der Waals surface area contributed by atoms with E-state index >= 15 is 0 Å². The van der Waals surface area contributed by atoms with Crippen molar-refractivity contribution in [2.75, 3.05) is 31.5 Å². The fraction of sp³-hybridized carbons (Fsp3) is 0.316. The molecule has 0 unspecified atom stereocenters. The van der Waals surface area contributed by atoms with Crippen LogP contribution in [0.15, 0.2) is 48.5 Å². The average Bonchev–Trinajstić information content (AvgIpc) is 2.63. The minimum absolute atomic E-state index is 0.0782. The van der Waals surface area contributed by atoms with Crippen LogP contribution in [-0.4, -0.2) is 47.7 Å². The topological polar surface area (TPSA) is 27.7 Å². The number of ether oxygens (including phenoxy) is 1. The van der Waals surface area contributed by atoms with E-state index in [1.165, 1.54) is 11.6 Å². The standard InChI is InChI=1S/C19H20ClF2N3OS/c20-15-5-3-4-14(12-15)13-24-8-10-25(11-9-24)19(27)23-16-6-1-2-7-17(16)26-18(21)22/h1-7,12,18H,8-11,13H2,(H,23,27). The lowest BCUT2D eigenvalue weighted by molar-refractivity contribution is -0.0493. The Morgan fingerprint density at radius 1 is 1.11 bits per heavy atom. The van der Waals surface area contributed by atoms with Gasteiger partial charge in [0.05, 0.1) is 5.69 Å². The zero-order chi connectivity index (χ0) is 19.2. The molecule has 0 atom stereocenters. The number of alkyl halides is 2. The Bertz CT molecular complexity index is 785. The van der Waals surface area contributed by atoms with Gasteiger partial charge in [0.25, 0.3) is 0 Å². The predicted octanol–water partition coefficient (Wildman–Crippen LogP) is 4.46. The average molecular weight is 412 g/mol. The van der Waals surface area contributed by atoms with Gasteiger partial charge in [0.15, 0.2) is 5.11 Å². The summed E-state index contributed by atoms with van der Waals surface area (Å²) in [5.74, 6) is 0.0782. The summed E-state index contributed by atoms with van der Waals surface area (Å²) in [4.78, 5) is 4.36.